The topological polar surface area (TPSA) is 56.7 Å². The average molecular weight is 272 g/mol. The molecule has 1 aromatic heterocycles. The van der Waals surface area contributed by atoms with Crippen molar-refractivity contribution in [1.29, 1.82) is 0 Å². The van der Waals surface area contributed by atoms with Crippen molar-refractivity contribution in [2.45, 2.75) is 46.1 Å². The molecule has 0 aliphatic heterocycles. The Morgan fingerprint density at radius 3 is 2.60 bits per heavy atom. The molecule has 2 aromatic rings. The summed E-state index contributed by atoms with van der Waals surface area (Å²) < 4.78 is 1.97. The van der Waals surface area contributed by atoms with Gasteiger partial charge < -0.3 is 5.73 Å². The van der Waals surface area contributed by atoms with Gasteiger partial charge in [0, 0.05) is 17.8 Å². The van der Waals surface area contributed by atoms with Crippen LogP contribution in [0, 0.1) is 5.92 Å². The zero-order chi connectivity index (χ0) is 14.4. The number of rotatable bonds is 7. The van der Waals surface area contributed by atoms with Crippen molar-refractivity contribution in [3.63, 3.8) is 0 Å². The van der Waals surface area contributed by atoms with Crippen molar-refractivity contribution >= 4 is 5.69 Å². The summed E-state index contributed by atoms with van der Waals surface area (Å²) in [4.78, 5) is 4.39. The van der Waals surface area contributed by atoms with Gasteiger partial charge >= 0.3 is 0 Å². The molecular formula is C16H24N4. The summed E-state index contributed by atoms with van der Waals surface area (Å²) in [5.41, 5.74) is 7.47. The molecule has 0 spiro atoms. The first-order valence-corrected chi connectivity index (χ1v) is 7.48. The molecule has 0 aliphatic rings. The predicted octanol–water partition coefficient (Wildman–Crippen LogP) is 3.74. The third kappa shape index (κ3) is 3.83. The van der Waals surface area contributed by atoms with Crippen molar-refractivity contribution in [2.24, 2.45) is 5.92 Å². The summed E-state index contributed by atoms with van der Waals surface area (Å²) in [5.74, 6) is 1.46. The van der Waals surface area contributed by atoms with Crippen LogP contribution in [0.2, 0.25) is 0 Å². The first-order chi connectivity index (χ1) is 9.72. The summed E-state index contributed by atoms with van der Waals surface area (Å²) in [6, 6.07) is 7.69. The van der Waals surface area contributed by atoms with Crippen molar-refractivity contribution in [3.8, 4) is 11.4 Å². The zero-order valence-corrected chi connectivity index (χ0v) is 12.4. The summed E-state index contributed by atoms with van der Waals surface area (Å²) in [6.07, 6.45) is 6.84. The van der Waals surface area contributed by atoms with E-state index in [0.717, 1.165) is 23.6 Å². The molecule has 1 aromatic carbocycles. The number of hydrogen-bond acceptors (Lipinski definition) is 3. The molecule has 1 heterocycles. The lowest BCUT2D eigenvalue weighted by molar-refractivity contribution is 0.372. The maximum atomic E-state index is 5.69. The Bertz CT molecular complexity index is 516. The fourth-order valence-electron chi connectivity index (χ4n) is 2.33. The van der Waals surface area contributed by atoms with Gasteiger partial charge in [0.1, 0.15) is 6.33 Å². The highest BCUT2D eigenvalue weighted by atomic mass is 15.3. The van der Waals surface area contributed by atoms with E-state index < -0.39 is 0 Å². The SMILES string of the molecule is CCCCC(CC)Cn1cnc(-c2ccc(N)cc2)n1. The van der Waals surface area contributed by atoms with Crippen LogP contribution in [0.25, 0.3) is 11.4 Å². The maximum absolute atomic E-state index is 5.69. The molecule has 4 heteroatoms. The monoisotopic (exact) mass is 272 g/mol. The lowest BCUT2D eigenvalue weighted by Gasteiger charge is -2.13. The van der Waals surface area contributed by atoms with E-state index in [2.05, 4.69) is 23.9 Å². The Morgan fingerprint density at radius 1 is 1.20 bits per heavy atom. The minimum Gasteiger partial charge on any atom is -0.399 e. The molecule has 108 valence electrons. The fraction of sp³-hybridized carbons (Fsp3) is 0.500. The second-order valence-corrected chi connectivity index (χ2v) is 5.33. The average Bonchev–Trinajstić information content (AvgIpc) is 2.92. The molecule has 0 aliphatic carbocycles. The molecule has 1 atom stereocenters. The normalized spacial score (nSPS) is 12.5. The van der Waals surface area contributed by atoms with E-state index in [1.165, 1.54) is 25.7 Å². The van der Waals surface area contributed by atoms with Gasteiger partial charge in [-0.3, -0.25) is 4.68 Å². The third-order valence-corrected chi connectivity index (χ3v) is 3.69. The molecule has 0 fully saturated rings. The first kappa shape index (κ1) is 14.6. The number of benzene rings is 1. The van der Waals surface area contributed by atoms with Gasteiger partial charge in [-0.25, -0.2) is 4.98 Å². The van der Waals surface area contributed by atoms with Crippen molar-refractivity contribution in [2.75, 3.05) is 5.73 Å². The summed E-state index contributed by atoms with van der Waals surface area (Å²) in [7, 11) is 0. The van der Waals surface area contributed by atoms with Crippen molar-refractivity contribution in [3.05, 3.63) is 30.6 Å². The van der Waals surface area contributed by atoms with Crippen molar-refractivity contribution < 1.29 is 0 Å². The Hall–Kier alpha value is -1.84. The van der Waals surface area contributed by atoms with Crippen LogP contribution < -0.4 is 5.73 Å². The molecule has 4 nitrogen and oxygen atoms in total. The number of aromatic nitrogens is 3. The first-order valence-electron chi connectivity index (χ1n) is 7.48. The van der Waals surface area contributed by atoms with Gasteiger partial charge in [0.05, 0.1) is 0 Å². The molecule has 2 N–H and O–H groups in total. The number of anilines is 1. The summed E-state index contributed by atoms with van der Waals surface area (Å²) in [5, 5.41) is 4.57. The molecular weight excluding hydrogens is 248 g/mol. The van der Waals surface area contributed by atoms with Gasteiger partial charge in [0.15, 0.2) is 5.82 Å². The van der Waals surface area contributed by atoms with Crippen LogP contribution in [0.15, 0.2) is 30.6 Å². The molecule has 20 heavy (non-hydrogen) atoms. The maximum Gasteiger partial charge on any atom is 0.181 e. The lowest BCUT2D eigenvalue weighted by Crippen LogP contribution is -2.10. The van der Waals surface area contributed by atoms with Crippen LogP contribution >= 0.6 is 0 Å². The highest BCUT2D eigenvalue weighted by molar-refractivity contribution is 5.57. The van der Waals surface area contributed by atoms with Crippen LogP contribution in [0.3, 0.4) is 0 Å². The minimum absolute atomic E-state index is 0.691. The van der Waals surface area contributed by atoms with E-state index in [4.69, 9.17) is 5.73 Å². The third-order valence-electron chi connectivity index (χ3n) is 3.69. The number of unbranched alkanes of at least 4 members (excludes halogenated alkanes) is 1. The number of hydrogen-bond donors (Lipinski definition) is 1. The molecule has 0 saturated carbocycles. The van der Waals surface area contributed by atoms with E-state index in [0.29, 0.717) is 5.92 Å². The highest BCUT2D eigenvalue weighted by Crippen LogP contribution is 2.18. The number of nitrogen functional groups attached to an aromatic ring is 1. The second kappa shape index (κ2) is 7.08. The van der Waals surface area contributed by atoms with E-state index in [-0.39, 0.29) is 0 Å². The zero-order valence-electron chi connectivity index (χ0n) is 12.4. The Kier molecular flexibility index (Phi) is 5.16. The summed E-state index contributed by atoms with van der Waals surface area (Å²) in [6.45, 7) is 5.44. The molecule has 2 rings (SSSR count). The molecule has 0 radical (unpaired) electrons. The molecule has 1 unspecified atom stereocenters. The van der Waals surface area contributed by atoms with Crippen molar-refractivity contribution in [1.82, 2.24) is 14.8 Å². The Labute approximate surface area is 121 Å². The van der Waals surface area contributed by atoms with E-state index in [1.54, 1.807) is 0 Å². The Balaban J connectivity index is 2.02. The quantitative estimate of drug-likeness (QED) is 0.781. The van der Waals surface area contributed by atoms with Gasteiger partial charge in [-0.1, -0.05) is 33.1 Å². The smallest absolute Gasteiger partial charge is 0.181 e. The van der Waals surface area contributed by atoms with Gasteiger partial charge in [-0.2, -0.15) is 5.10 Å². The fourth-order valence-corrected chi connectivity index (χ4v) is 2.33. The summed E-state index contributed by atoms with van der Waals surface area (Å²) >= 11 is 0. The van der Waals surface area contributed by atoms with E-state index >= 15 is 0 Å². The lowest BCUT2D eigenvalue weighted by atomic mass is 10.00. The van der Waals surface area contributed by atoms with E-state index in [1.807, 2.05) is 35.3 Å². The largest absolute Gasteiger partial charge is 0.399 e. The van der Waals surface area contributed by atoms with E-state index in [9.17, 15) is 0 Å². The predicted molar refractivity (Wildman–Crippen MR) is 83.2 cm³/mol. The number of nitrogens with zero attached hydrogens (tertiary/aromatic N) is 3. The molecule has 0 bridgehead atoms. The van der Waals surface area contributed by atoms with Gasteiger partial charge in [0.25, 0.3) is 0 Å². The van der Waals surface area contributed by atoms with Crippen LogP contribution in [-0.2, 0) is 6.54 Å². The Morgan fingerprint density at radius 2 is 1.95 bits per heavy atom. The van der Waals surface area contributed by atoms with Crippen LogP contribution in [-0.4, -0.2) is 14.8 Å². The molecule has 0 amide bonds. The standard InChI is InChI=1S/C16H24N4/c1-3-5-6-13(4-2)11-20-12-18-16(19-20)14-7-9-15(17)10-8-14/h7-10,12-13H,3-6,11,17H2,1-2H3. The van der Waals surface area contributed by atoms with Gasteiger partial charge in [0.2, 0.25) is 0 Å². The second-order valence-electron chi connectivity index (χ2n) is 5.33. The van der Waals surface area contributed by atoms with Crippen LogP contribution in [0.5, 0.6) is 0 Å². The highest BCUT2D eigenvalue weighted by Gasteiger charge is 2.09. The number of nitrogens with two attached hydrogens (primary N) is 1. The van der Waals surface area contributed by atoms with Crippen LogP contribution in [0.4, 0.5) is 5.69 Å². The van der Waals surface area contributed by atoms with Gasteiger partial charge in [-0.15, -0.1) is 0 Å². The van der Waals surface area contributed by atoms with Gasteiger partial charge in [-0.05, 0) is 36.6 Å². The molecule has 0 saturated heterocycles. The minimum atomic E-state index is 0.691. The van der Waals surface area contributed by atoms with Crippen LogP contribution in [0.1, 0.15) is 39.5 Å².